The van der Waals surface area contributed by atoms with Crippen molar-refractivity contribution in [3.8, 4) is 0 Å². The first kappa shape index (κ1) is 16.3. The van der Waals surface area contributed by atoms with Crippen LogP contribution in [0.3, 0.4) is 0 Å². The van der Waals surface area contributed by atoms with Crippen LogP contribution in [-0.4, -0.2) is 59.3 Å². The number of hydrogen-bond acceptors (Lipinski definition) is 6. The molecule has 1 aromatic heterocycles. The predicted molar refractivity (Wildman–Crippen MR) is 86.2 cm³/mol. The molecule has 1 saturated heterocycles. The summed E-state index contributed by atoms with van der Waals surface area (Å²) in [6.45, 7) is 11.1. The van der Waals surface area contributed by atoms with Gasteiger partial charge in [-0.1, -0.05) is 0 Å². The summed E-state index contributed by atoms with van der Waals surface area (Å²) in [6, 6.07) is 1.85. The Labute approximate surface area is 131 Å². The summed E-state index contributed by atoms with van der Waals surface area (Å²) in [6.07, 6.45) is 1.50. The Kier molecular flexibility index (Phi) is 5.05. The van der Waals surface area contributed by atoms with Gasteiger partial charge in [0.1, 0.15) is 11.4 Å². The van der Waals surface area contributed by atoms with E-state index in [4.69, 9.17) is 4.74 Å². The summed E-state index contributed by atoms with van der Waals surface area (Å²) in [4.78, 5) is 24.7. The number of anilines is 2. The van der Waals surface area contributed by atoms with Gasteiger partial charge in [0.25, 0.3) is 0 Å². The lowest BCUT2D eigenvalue weighted by Gasteiger charge is -2.35. The highest BCUT2D eigenvalue weighted by Gasteiger charge is 2.26. The Hall–Kier alpha value is -2.05. The van der Waals surface area contributed by atoms with E-state index in [1.165, 1.54) is 0 Å². The highest BCUT2D eigenvalue weighted by Crippen LogP contribution is 2.15. The van der Waals surface area contributed by atoms with Gasteiger partial charge >= 0.3 is 6.09 Å². The van der Waals surface area contributed by atoms with Crippen LogP contribution in [0.2, 0.25) is 0 Å². The van der Waals surface area contributed by atoms with Gasteiger partial charge in [-0.05, 0) is 33.8 Å². The van der Waals surface area contributed by atoms with Crippen molar-refractivity contribution < 1.29 is 9.53 Å². The largest absolute Gasteiger partial charge is 0.444 e. The van der Waals surface area contributed by atoms with Crippen LogP contribution in [0.4, 0.5) is 16.6 Å². The number of rotatable bonds is 3. The van der Waals surface area contributed by atoms with Gasteiger partial charge in [0.05, 0.1) is 0 Å². The van der Waals surface area contributed by atoms with Gasteiger partial charge in [-0.25, -0.2) is 9.78 Å². The Morgan fingerprint density at radius 1 is 1.32 bits per heavy atom. The maximum absolute atomic E-state index is 12.0. The van der Waals surface area contributed by atoms with Crippen LogP contribution >= 0.6 is 0 Å². The molecule has 1 aromatic rings. The molecule has 1 aliphatic rings. The molecule has 0 bridgehead atoms. The lowest BCUT2D eigenvalue weighted by Crippen LogP contribution is -2.50. The number of carbonyl (C=O) groups excluding carboxylic acids is 1. The standard InChI is InChI=1S/C15H25N5O2/c1-5-16-12-6-7-17-13(18-12)19-8-10-20(11-9-19)14(21)22-15(2,3)4/h6-7H,5,8-11H2,1-4H3,(H,16,17,18). The van der Waals surface area contributed by atoms with Crippen molar-refractivity contribution in [1.82, 2.24) is 14.9 Å². The van der Waals surface area contributed by atoms with E-state index < -0.39 is 5.60 Å². The molecular formula is C15H25N5O2. The van der Waals surface area contributed by atoms with Gasteiger partial charge in [0.2, 0.25) is 5.95 Å². The molecule has 0 unspecified atom stereocenters. The van der Waals surface area contributed by atoms with Crippen LogP contribution in [0, 0.1) is 0 Å². The van der Waals surface area contributed by atoms with Crippen LogP contribution in [0.5, 0.6) is 0 Å². The van der Waals surface area contributed by atoms with Gasteiger partial charge in [-0.2, -0.15) is 4.98 Å². The number of ether oxygens (including phenoxy) is 1. The molecule has 2 heterocycles. The molecule has 1 amide bonds. The molecule has 2 rings (SSSR count). The summed E-state index contributed by atoms with van der Waals surface area (Å²) in [5.41, 5.74) is -0.461. The van der Waals surface area contributed by atoms with Crippen molar-refractivity contribution in [3.63, 3.8) is 0 Å². The van der Waals surface area contributed by atoms with Gasteiger partial charge in [0, 0.05) is 38.9 Å². The summed E-state index contributed by atoms with van der Waals surface area (Å²) in [5.74, 6) is 1.52. The molecule has 7 nitrogen and oxygen atoms in total. The zero-order chi connectivity index (χ0) is 16.2. The topological polar surface area (TPSA) is 70.6 Å². The number of carbonyl (C=O) groups is 1. The Morgan fingerprint density at radius 2 is 2.00 bits per heavy atom. The van der Waals surface area contributed by atoms with E-state index >= 15 is 0 Å². The number of amides is 1. The van der Waals surface area contributed by atoms with E-state index in [0.29, 0.717) is 32.1 Å². The predicted octanol–water partition coefficient (Wildman–Crippen LogP) is 1.97. The number of piperazine rings is 1. The molecule has 7 heteroatoms. The van der Waals surface area contributed by atoms with E-state index in [-0.39, 0.29) is 6.09 Å². The average Bonchev–Trinajstić information content (AvgIpc) is 2.46. The van der Waals surface area contributed by atoms with E-state index in [1.807, 2.05) is 33.8 Å². The summed E-state index contributed by atoms with van der Waals surface area (Å²) >= 11 is 0. The molecular weight excluding hydrogens is 282 g/mol. The van der Waals surface area contributed by atoms with Crippen molar-refractivity contribution in [1.29, 1.82) is 0 Å². The number of nitrogens with zero attached hydrogens (tertiary/aromatic N) is 4. The van der Waals surface area contributed by atoms with Gasteiger partial charge in [-0.3, -0.25) is 0 Å². The van der Waals surface area contributed by atoms with Crippen LogP contribution in [-0.2, 0) is 4.74 Å². The first-order chi connectivity index (χ1) is 10.4. The summed E-state index contributed by atoms with van der Waals surface area (Å²) in [7, 11) is 0. The molecule has 1 fully saturated rings. The van der Waals surface area contributed by atoms with Crippen molar-refractivity contribution in [2.24, 2.45) is 0 Å². The average molecular weight is 307 g/mol. The minimum atomic E-state index is -0.461. The normalized spacial score (nSPS) is 15.6. The van der Waals surface area contributed by atoms with Crippen LogP contribution < -0.4 is 10.2 Å². The Balaban J connectivity index is 1.92. The van der Waals surface area contributed by atoms with E-state index in [1.54, 1.807) is 11.1 Å². The molecule has 0 spiro atoms. The van der Waals surface area contributed by atoms with Crippen molar-refractivity contribution in [3.05, 3.63) is 12.3 Å². The van der Waals surface area contributed by atoms with Crippen LogP contribution in [0.25, 0.3) is 0 Å². The SMILES string of the molecule is CCNc1ccnc(N2CCN(C(=O)OC(C)(C)C)CC2)n1. The fraction of sp³-hybridized carbons (Fsp3) is 0.667. The lowest BCUT2D eigenvalue weighted by molar-refractivity contribution is 0.0240. The molecule has 122 valence electrons. The minimum Gasteiger partial charge on any atom is -0.444 e. The number of nitrogens with one attached hydrogen (secondary N) is 1. The third kappa shape index (κ3) is 4.47. The van der Waals surface area contributed by atoms with Crippen molar-refractivity contribution in [2.45, 2.75) is 33.3 Å². The van der Waals surface area contributed by atoms with Crippen molar-refractivity contribution in [2.75, 3.05) is 42.9 Å². The second-order valence-electron chi connectivity index (χ2n) is 6.23. The second-order valence-corrected chi connectivity index (χ2v) is 6.23. The summed E-state index contributed by atoms with van der Waals surface area (Å²) < 4.78 is 5.40. The highest BCUT2D eigenvalue weighted by atomic mass is 16.6. The first-order valence-corrected chi connectivity index (χ1v) is 7.69. The molecule has 1 N–H and O–H groups in total. The maximum atomic E-state index is 12.0. The van der Waals surface area contributed by atoms with Crippen molar-refractivity contribution >= 4 is 17.9 Å². The fourth-order valence-corrected chi connectivity index (χ4v) is 2.20. The molecule has 22 heavy (non-hydrogen) atoms. The lowest BCUT2D eigenvalue weighted by atomic mass is 10.2. The van der Waals surface area contributed by atoms with Crippen LogP contribution in [0.1, 0.15) is 27.7 Å². The second kappa shape index (κ2) is 6.81. The zero-order valence-electron chi connectivity index (χ0n) is 13.8. The molecule has 0 radical (unpaired) electrons. The van der Waals surface area contributed by atoms with Gasteiger partial charge in [0.15, 0.2) is 0 Å². The molecule has 0 saturated carbocycles. The van der Waals surface area contributed by atoms with E-state index in [0.717, 1.165) is 12.4 Å². The van der Waals surface area contributed by atoms with E-state index in [9.17, 15) is 4.79 Å². The Bertz CT molecular complexity index is 507. The van der Waals surface area contributed by atoms with Crippen LogP contribution in [0.15, 0.2) is 12.3 Å². The number of hydrogen-bond donors (Lipinski definition) is 1. The summed E-state index contributed by atoms with van der Waals surface area (Å²) in [5, 5.41) is 3.18. The third-order valence-corrected chi connectivity index (χ3v) is 3.21. The minimum absolute atomic E-state index is 0.255. The zero-order valence-corrected chi connectivity index (χ0v) is 13.8. The molecule has 0 aliphatic carbocycles. The number of aromatic nitrogens is 2. The Morgan fingerprint density at radius 3 is 2.59 bits per heavy atom. The molecule has 0 aromatic carbocycles. The smallest absolute Gasteiger partial charge is 0.410 e. The maximum Gasteiger partial charge on any atom is 0.410 e. The van der Waals surface area contributed by atoms with E-state index in [2.05, 4.69) is 20.2 Å². The third-order valence-electron chi connectivity index (χ3n) is 3.21. The quantitative estimate of drug-likeness (QED) is 0.920. The van der Waals surface area contributed by atoms with Gasteiger partial charge < -0.3 is 19.9 Å². The monoisotopic (exact) mass is 307 g/mol. The van der Waals surface area contributed by atoms with Gasteiger partial charge in [-0.15, -0.1) is 0 Å². The molecule has 1 aliphatic heterocycles. The first-order valence-electron chi connectivity index (χ1n) is 7.69. The molecule has 0 atom stereocenters. The highest BCUT2D eigenvalue weighted by molar-refractivity contribution is 5.68. The fourth-order valence-electron chi connectivity index (χ4n) is 2.20.